The van der Waals surface area contributed by atoms with Crippen molar-refractivity contribution in [3.63, 3.8) is 0 Å². The van der Waals surface area contributed by atoms with Crippen LogP contribution in [-0.4, -0.2) is 25.8 Å². The lowest BCUT2D eigenvalue weighted by atomic mass is 10.1. The van der Waals surface area contributed by atoms with Crippen molar-refractivity contribution in [2.24, 2.45) is 0 Å². The van der Waals surface area contributed by atoms with Crippen molar-refractivity contribution in [2.75, 3.05) is 0 Å². The summed E-state index contributed by atoms with van der Waals surface area (Å²) < 4.78 is 53.1. The highest BCUT2D eigenvalue weighted by molar-refractivity contribution is 7.15. The molecule has 0 unspecified atom stereocenters. The Balaban J connectivity index is 1.92. The van der Waals surface area contributed by atoms with E-state index >= 15 is 0 Å². The fraction of sp³-hybridized carbons (Fsp3) is 0.188. The highest BCUT2D eigenvalue weighted by Gasteiger charge is 2.30. The number of hydrogen-bond acceptors (Lipinski definition) is 4. The van der Waals surface area contributed by atoms with Gasteiger partial charge in [0.05, 0.1) is 34.4 Å². The van der Waals surface area contributed by atoms with Gasteiger partial charge in [-0.1, -0.05) is 12.1 Å². The lowest BCUT2D eigenvalue weighted by Crippen LogP contribution is -2.04. The smallest absolute Gasteiger partial charge is 0.416 e. The van der Waals surface area contributed by atoms with E-state index in [0.717, 1.165) is 29.7 Å². The molecule has 26 heavy (non-hydrogen) atoms. The molecule has 136 valence electrons. The van der Waals surface area contributed by atoms with Gasteiger partial charge < -0.3 is 5.11 Å². The Bertz CT molecular complexity index is 949. The largest absolute Gasteiger partial charge is 0.478 e. The zero-order chi connectivity index (χ0) is 18.9. The Labute approximate surface area is 148 Å². The molecule has 0 atom stereocenters. The van der Waals surface area contributed by atoms with Crippen LogP contribution in [0.5, 0.6) is 0 Å². The van der Waals surface area contributed by atoms with E-state index < -0.39 is 24.4 Å². The molecule has 3 aromatic rings. The third-order valence-corrected chi connectivity index (χ3v) is 4.64. The van der Waals surface area contributed by atoms with Gasteiger partial charge in [0.1, 0.15) is 11.7 Å². The van der Waals surface area contributed by atoms with E-state index in [-0.39, 0.29) is 27.6 Å². The van der Waals surface area contributed by atoms with Crippen molar-refractivity contribution < 1.29 is 27.5 Å². The maximum absolute atomic E-state index is 13.3. The number of alkyl halides is 4. The summed E-state index contributed by atoms with van der Waals surface area (Å²) >= 11 is 0.953. The summed E-state index contributed by atoms with van der Waals surface area (Å²) in [4.78, 5) is 15.4. The van der Waals surface area contributed by atoms with Crippen LogP contribution in [0.15, 0.2) is 36.7 Å². The van der Waals surface area contributed by atoms with Crippen LogP contribution in [-0.2, 0) is 19.4 Å². The van der Waals surface area contributed by atoms with E-state index in [4.69, 9.17) is 5.11 Å². The molecule has 0 radical (unpaired) electrons. The Kier molecular flexibility index (Phi) is 4.77. The van der Waals surface area contributed by atoms with Crippen molar-refractivity contribution in [3.8, 4) is 10.6 Å². The Morgan fingerprint density at radius 2 is 2.08 bits per heavy atom. The number of aromatic carboxylic acids is 1. The van der Waals surface area contributed by atoms with Crippen LogP contribution in [0.25, 0.3) is 10.6 Å². The molecule has 0 aliphatic heterocycles. The molecule has 0 saturated carbocycles. The number of thiazole rings is 1. The number of carboxylic acid groups (broad SMARTS) is 1. The third kappa shape index (κ3) is 3.74. The molecule has 10 heteroatoms. The van der Waals surface area contributed by atoms with Gasteiger partial charge in [-0.05, 0) is 12.1 Å². The van der Waals surface area contributed by atoms with Crippen molar-refractivity contribution in [1.82, 2.24) is 14.8 Å². The predicted octanol–water partition coefficient (Wildman–Crippen LogP) is 4.24. The topological polar surface area (TPSA) is 68.0 Å². The van der Waals surface area contributed by atoms with Gasteiger partial charge in [-0.3, -0.25) is 4.68 Å². The van der Waals surface area contributed by atoms with Crippen LogP contribution < -0.4 is 0 Å². The molecule has 5 nitrogen and oxygen atoms in total. The van der Waals surface area contributed by atoms with E-state index in [1.807, 2.05) is 0 Å². The second-order valence-corrected chi connectivity index (χ2v) is 6.42. The average Bonchev–Trinajstić information content (AvgIpc) is 3.21. The number of carbonyl (C=O) groups is 1. The molecule has 3 rings (SSSR count). The summed E-state index contributed by atoms with van der Waals surface area (Å²) in [5, 5.41) is 13.0. The van der Waals surface area contributed by atoms with E-state index in [1.165, 1.54) is 23.0 Å². The van der Waals surface area contributed by atoms with Gasteiger partial charge in [0.15, 0.2) is 0 Å². The molecular formula is C16H11F4N3O2S. The number of carboxylic acids is 1. The first-order valence-corrected chi connectivity index (χ1v) is 8.07. The lowest BCUT2D eigenvalue weighted by Gasteiger charge is -2.07. The van der Waals surface area contributed by atoms with Gasteiger partial charge in [0.2, 0.25) is 0 Å². The van der Waals surface area contributed by atoms with Crippen LogP contribution >= 0.6 is 11.3 Å². The monoisotopic (exact) mass is 385 g/mol. The van der Waals surface area contributed by atoms with E-state index in [9.17, 15) is 22.4 Å². The van der Waals surface area contributed by atoms with E-state index in [0.29, 0.717) is 5.69 Å². The summed E-state index contributed by atoms with van der Waals surface area (Å²) in [6.07, 6.45) is -2.06. The van der Waals surface area contributed by atoms with Gasteiger partial charge in [-0.15, -0.1) is 11.3 Å². The van der Waals surface area contributed by atoms with Crippen LogP contribution in [0.4, 0.5) is 17.6 Å². The summed E-state index contributed by atoms with van der Waals surface area (Å²) in [5.74, 6) is -1.15. The maximum atomic E-state index is 13.3. The Hall–Kier alpha value is -2.75. The molecule has 1 aromatic carbocycles. The first-order chi connectivity index (χ1) is 12.3. The fourth-order valence-electron chi connectivity index (χ4n) is 2.28. The number of nitrogens with zero attached hydrogens (tertiary/aromatic N) is 3. The summed E-state index contributed by atoms with van der Waals surface area (Å²) in [7, 11) is 0. The highest BCUT2D eigenvalue weighted by atomic mass is 32.1. The molecule has 0 bridgehead atoms. The molecule has 0 aliphatic rings. The number of halogens is 4. The molecule has 0 saturated heterocycles. The van der Waals surface area contributed by atoms with Gasteiger partial charge in [-0.25, -0.2) is 14.2 Å². The number of hydrogen-bond donors (Lipinski definition) is 1. The number of benzene rings is 1. The average molecular weight is 385 g/mol. The van der Waals surface area contributed by atoms with Gasteiger partial charge in [0, 0.05) is 11.8 Å². The fourth-order valence-corrected chi connectivity index (χ4v) is 3.19. The first kappa shape index (κ1) is 18.1. The van der Waals surface area contributed by atoms with Gasteiger partial charge >= 0.3 is 12.1 Å². The zero-order valence-electron chi connectivity index (χ0n) is 13.0. The van der Waals surface area contributed by atoms with Gasteiger partial charge in [-0.2, -0.15) is 18.3 Å². The third-order valence-electron chi connectivity index (χ3n) is 3.53. The maximum Gasteiger partial charge on any atom is 0.416 e. The van der Waals surface area contributed by atoms with E-state index in [1.54, 1.807) is 0 Å². The zero-order valence-corrected chi connectivity index (χ0v) is 13.8. The van der Waals surface area contributed by atoms with Crippen LogP contribution in [0, 0.1) is 0 Å². The number of rotatable bonds is 5. The van der Waals surface area contributed by atoms with Crippen molar-refractivity contribution in [1.29, 1.82) is 0 Å². The second kappa shape index (κ2) is 6.87. The SMILES string of the molecule is O=C(O)c1cnn(Cc2nc(-c3cccc(C(F)(F)F)c3)sc2CF)c1. The van der Waals surface area contributed by atoms with Crippen LogP contribution in [0.3, 0.4) is 0 Å². The van der Waals surface area contributed by atoms with E-state index in [2.05, 4.69) is 10.1 Å². The highest BCUT2D eigenvalue weighted by Crippen LogP contribution is 2.34. The Morgan fingerprint density at radius 3 is 2.69 bits per heavy atom. The molecule has 2 aromatic heterocycles. The lowest BCUT2D eigenvalue weighted by molar-refractivity contribution is -0.137. The summed E-state index contributed by atoms with van der Waals surface area (Å²) in [6.45, 7) is -0.818. The van der Waals surface area contributed by atoms with Crippen LogP contribution in [0.2, 0.25) is 0 Å². The molecule has 0 aliphatic carbocycles. The van der Waals surface area contributed by atoms with Crippen LogP contribution in [0.1, 0.15) is 26.5 Å². The normalized spacial score (nSPS) is 11.7. The molecule has 0 amide bonds. The summed E-state index contributed by atoms with van der Waals surface area (Å²) in [5.41, 5.74) is -0.311. The second-order valence-electron chi connectivity index (χ2n) is 5.33. The van der Waals surface area contributed by atoms with Gasteiger partial charge in [0.25, 0.3) is 0 Å². The van der Waals surface area contributed by atoms with Crippen molar-refractivity contribution >= 4 is 17.3 Å². The number of aromatic nitrogens is 3. The molecule has 0 fully saturated rings. The molecule has 1 N–H and O–H groups in total. The predicted molar refractivity (Wildman–Crippen MR) is 85.7 cm³/mol. The van der Waals surface area contributed by atoms with Crippen molar-refractivity contribution in [3.05, 3.63) is 58.4 Å². The molecular weight excluding hydrogens is 374 g/mol. The summed E-state index contributed by atoms with van der Waals surface area (Å²) in [6, 6.07) is 4.64. The minimum Gasteiger partial charge on any atom is -0.478 e. The standard InChI is InChI=1S/C16H11F4N3O2S/c17-5-13-12(8-23-7-10(6-21-23)15(24)25)22-14(26-13)9-2-1-3-11(4-9)16(18,19)20/h1-4,6-7H,5,8H2,(H,24,25). The first-order valence-electron chi connectivity index (χ1n) is 7.26. The Morgan fingerprint density at radius 1 is 1.31 bits per heavy atom. The molecule has 0 spiro atoms. The van der Waals surface area contributed by atoms with Crippen molar-refractivity contribution in [2.45, 2.75) is 19.4 Å². The minimum atomic E-state index is -4.48. The molecule has 2 heterocycles. The minimum absolute atomic E-state index is 0.0159. The quantitative estimate of drug-likeness (QED) is 0.667.